The molecule has 1 atom stereocenters. The summed E-state index contributed by atoms with van der Waals surface area (Å²) < 4.78 is 5.38. The van der Waals surface area contributed by atoms with Crippen LogP contribution in [-0.4, -0.2) is 30.6 Å². The van der Waals surface area contributed by atoms with Crippen LogP contribution < -0.4 is 11.1 Å². The molecule has 1 amide bonds. The number of nitrogens with zero attached hydrogens (tertiary/aromatic N) is 1. The standard InChI is InChI=1S/C17H27N3O2S.ClH/c1-2-3-12-4-5-13-14(10-12)23-16(19-13)20-15(21)17(11-18)6-8-22-9-7-17;/h12H,2-11,18H2,1H3,(H,19,20,21);1H. The highest BCUT2D eigenvalue weighted by Crippen LogP contribution is 2.36. The Morgan fingerprint density at radius 2 is 2.21 bits per heavy atom. The molecule has 5 nitrogen and oxygen atoms in total. The largest absolute Gasteiger partial charge is 0.381 e. The minimum Gasteiger partial charge on any atom is -0.381 e. The van der Waals surface area contributed by atoms with Crippen LogP contribution in [0.2, 0.25) is 0 Å². The Morgan fingerprint density at radius 1 is 1.46 bits per heavy atom. The number of rotatable bonds is 5. The molecule has 1 unspecified atom stereocenters. The molecule has 3 rings (SSSR count). The second-order valence-electron chi connectivity index (χ2n) is 6.84. The van der Waals surface area contributed by atoms with E-state index in [1.807, 2.05) is 0 Å². The number of halogens is 1. The molecule has 7 heteroatoms. The maximum atomic E-state index is 12.7. The molecule has 1 aromatic heterocycles. The van der Waals surface area contributed by atoms with Crippen molar-refractivity contribution in [3.63, 3.8) is 0 Å². The summed E-state index contributed by atoms with van der Waals surface area (Å²) in [5.41, 5.74) is 6.60. The molecule has 3 N–H and O–H groups in total. The average molecular weight is 374 g/mol. The molecule has 0 radical (unpaired) electrons. The lowest BCUT2D eigenvalue weighted by Gasteiger charge is -2.34. The number of carbonyl (C=O) groups is 1. The Balaban J connectivity index is 0.00000208. The van der Waals surface area contributed by atoms with Crippen LogP contribution in [0.15, 0.2) is 0 Å². The molecular weight excluding hydrogens is 346 g/mol. The van der Waals surface area contributed by atoms with E-state index in [0.29, 0.717) is 32.6 Å². The first-order valence-corrected chi connectivity index (χ1v) is 9.56. The van der Waals surface area contributed by atoms with E-state index in [9.17, 15) is 4.79 Å². The summed E-state index contributed by atoms with van der Waals surface area (Å²) in [5.74, 6) is 0.793. The van der Waals surface area contributed by atoms with Crippen molar-refractivity contribution in [2.24, 2.45) is 17.1 Å². The minimum atomic E-state index is -0.491. The lowest BCUT2D eigenvalue weighted by molar-refractivity contribution is -0.130. The van der Waals surface area contributed by atoms with E-state index in [1.165, 1.54) is 29.8 Å². The minimum absolute atomic E-state index is 0. The van der Waals surface area contributed by atoms with E-state index in [4.69, 9.17) is 10.5 Å². The molecule has 2 heterocycles. The summed E-state index contributed by atoms with van der Waals surface area (Å²) in [6, 6.07) is 0. The number of thiazole rings is 1. The smallest absolute Gasteiger partial charge is 0.233 e. The highest BCUT2D eigenvalue weighted by molar-refractivity contribution is 7.15. The summed E-state index contributed by atoms with van der Waals surface area (Å²) in [5, 5.41) is 3.79. The van der Waals surface area contributed by atoms with Gasteiger partial charge in [-0.3, -0.25) is 4.79 Å². The summed E-state index contributed by atoms with van der Waals surface area (Å²) in [6.07, 6.45) is 7.30. The van der Waals surface area contributed by atoms with E-state index in [2.05, 4.69) is 17.2 Å². The molecule has 2 aliphatic rings. The summed E-state index contributed by atoms with van der Waals surface area (Å²) in [4.78, 5) is 18.7. The van der Waals surface area contributed by atoms with Gasteiger partial charge in [0.2, 0.25) is 5.91 Å². The number of amides is 1. The lowest BCUT2D eigenvalue weighted by Crippen LogP contribution is -2.46. The predicted octanol–water partition coefficient (Wildman–Crippen LogP) is 3.16. The number of nitrogens with one attached hydrogen (secondary N) is 1. The molecule has 136 valence electrons. The SMILES string of the molecule is CCCC1CCc2nc(NC(=O)C3(CN)CCOCC3)sc2C1.Cl. The molecular formula is C17H28ClN3O2S. The van der Waals surface area contributed by atoms with Crippen molar-refractivity contribution < 1.29 is 9.53 Å². The highest BCUT2D eigenvalue weighted by Gasteiger charge is 2.39. The Hall–Kier alpha value is -0.690. The number of nitrogens with two attached hydrogens (primary N) is 1. The van der Waals surface area contributed by atoms with E-state index in [1.54, 1.807) is 11.3 Å². The molecule has 0 aromatic carbocycles. The first kappa shape index (κ1) is 19.6. The van der Waals surface area contributed by atoms with Gasteiger partial charge in [-0.1, -0.05) is 19.8 Å². The van der Waals surface area contributed by atoms with Gasteiger partial charge in [0.15, 0.2) is 5.13 Å². The van der Waals surface area contributed by atoms with Crippen molar-refractivity contribution in [2.45, 2.75) is 51.9 Å². The zero-order chi connectivity index (χ0) is 16.3. The lowest BCUT2D eigenvalue weighted by atomic mass is 9.79. The molecule has 1 aromatic rings. The maximum Gasteiger partial charge on any atom is 0.233 e. The Labute approximate surface area is 154 Å². The van der Waals surface area contributed by atoms with Crippen LogP contribution in [0, 0.1) is 11.3 Å². The van der Waals surface area contributed by atoms with Gasteiger partial charge in [-0.2, -0.15) is 0 Å². The molecule has 1 aliphatic carbocycles. The van der Waals surface area contributed by atoms with Crippen LogP contribution in [0.5, 0.6) is 0 Å². The Kier molecular flexibility index (Phi) is 7.04. The fraction of sp³-hybridized carbons (Fsp3) is 0.765. The summed E-state index contributed by atoms with van der Waals surface area (Å²) >= 11 is 1.65. The van der Waals surface area contributed by atoms with Gasteiger partial charge in [-0.15, -0.1) is 23.7 Å². The molecule has 0 bridgehead atoms. The van der Waals surface area contributed by atoms with Crippen molar-refractivity contribution in [1.82, 2.24) is 4.98 Å². The monoisotopic (exact) mass is 373 g/mol. The normalized spacial score (nSPS) is 22.3. The molecule has 0 spiro atoms. The summed E-state index contributed by atoms with van der Waals surface area (Å²) in [7, 11) is 0. The second-order valence-corrected chi connectivity index (χ2v) is 7.92. The zero-order valence-corrected chi connectivity index (χ0v) is 15.9. The van der Waals surface area contributed by atoms with Gasteiger partial charge in [0.05, 0.1) is 11.1 Å². The third kappa shape index (κ3) is 4.10. The van der Waals surface area contributed by atoms with Crippen molar-refractivity contribution in [3.8, 4) is 0 Å². The predicted molar refractivity (Wildman–Crippen MR) is 100.0 cm³/mol. The van der Waals surface area contributed by atoms with Gasteiger partial charge in [0, 0.05) is 24.6 Å². The summed E-state index contributed by atoms with van der Waals surface area (Å²) in [6.45, 7) is 3.83. The van der Waals surface area contributed by atoms with E-state index < -0.39 is 5.41 Å². The number of fused-ring (bicyclic) bond motifs is 1. The van der Waals surface area contributed by atoms with E-state index in [0.717, 1.165) is 23.9 Å². The quantitative estimate of drug-likeness (QED) is 0.831. The fourth-order valence-corrected chi connectivity index (χ4v) is 4.78. The van der Waals surface area contributed by atoms with Crippen molar-refractivity contribution in [2.75, 3.05) is 25.1 Å². The average Bonchev–Trinajstić information content (AvgIpc) is 2.97. The number of aryl methyl sites for hydroxylation is 1. The van der Waals surface area contributed by atoms with E-state index in [-0.39, 0.29) is 18.3 Å². The van der Waals surface area contributed by atoms with Crippen molar-refractivity contribution in [1.29, 1.82) is 0 Å². The number of ether oxygens (including phenoxy) is 1. The second kappa shape index (κ2) is 8.61. The van der Waals surface area contributed by atoms with Crippen molar-refractivity contribution >= 4 is 34.8 Å². The van der Waals surface area contributed by atoms with Crippen LogP contribution >= 0.6 is 23.7 Å². The number of hydrogen-bond donors (Lipinski definition) is 2. The van der Waals surface area contributed by atoms with E-state index >= 15 is 0 Å². The Bertz CT molecular complexity index is 558. The maximum absolute atomic E-state index is 12.7. The molecule has 0 saturated carbocycles. The van der Waals surface area contributed by atoms with Gasteiger partial charge in [-0.25, -0.2) is 4.98 Å². The number of aromatic nitrogens is 1. The van der Waals surface area contributed by atoms with Crippen molar-refractivity contribution in [3.05, 3.63) is 10.6 Å². The number of hydrogen-bond acceptors (Lipinski definition) is 5. The van der Waals surface area contributed by atoms with Gasteiger partial charge >= 0.3 is 0 Å². The fourth-order valence-electron chi connectivity index (χ4n) is 3.67. The Morgan fingerprint density at radius 3 is 2.88 bits per heavy atom. The van der Waals surface area contributed by atoms with Crippen LogP contribution in [-0.2, 0) is 22.4 Å². The molecule has 1 aliphatic heterocycles. The first-order chi connectivity index (χ1) is 11.2. The molecule has 1 saturated heterocycles. The van der Waals surface area contributed by atoms with Gasteiger partial charge in [0.1, 0.15) is 0 Å². The molecule has 1 fully saturated rings. The molecule has 24 heavy (non-hydrogen) atoms. The van der Waals surface area contributed by atoms with Gasteiger partial charge in [0.25, 0.3) is 0 Å². The van der Waals surface area contributed by atoms with Crippen LogP contribution in [0.25, 0.3) is 0 Å². The highest BCUT2D eigenvalue weighted by atomic mass is 35.5. The van der Waals surface area contributed by atoms with Gasteiger partial charge < -0.3 is 15.8 Å². The van der Waals surface area contributed by atoms with Crippen LogP contribution in [0.4, 0.5) is 5.13 Å². The van der Waals surface area contributed by atoms with Gasteiger partial charge in [-0.05, 0) is 38.0 Å². The third-order valence-electron chi connectivity index (χ3n) is 5.28. The van der Waals surface area contributed by atoms with Crippen LogP contribution in [0.3, 0.4) is 0 Å². The topological polar surface area (TPSA) is 77.2 Å². The third-order valence-corrected chi connectivity index (χ3v) is 6.32. The first-order valence-electron chi connectivity index (χ1n) is 8.74. The number of carbonyl (C=O) groups excluding carboxylic acids is 1. The number of anilines is 1. The van der Waals surface area contributed by atoms with Crippen LogP contribution in [0.1, 0.15) is 49.6 Å². The zero-order valence-electron chi connectivity index (χ0n) is 14.3.